The van der Waals surface area contributed by atoms with Crippen molar-refractivity contribution in [3.63, 3.8) is 0 Å². The monoisotopic (exact) mass is 574 g/mol. The van der Waals surface area contributed by atoms with Gasteiger partial charge in [0.1, 0.15) is 5.60 Å². The Kier molecular flexibility index (Phi) is 6.89. The normalized spacial score (nSPS) is 31.6. The maximum atomic E-state index is 12.4. The fourth-order valence-corrected chi connectivity index (χ4v) is 9.00. The number of carbonyl (C=O) groups excluding carboxylic acids is 2. The van der Waals surface area contributed by atoms with E-state index in [2.05, 4.69) is 62.0 Å². The van der Waals surface area contributed by atoms with Crippen molar-refractivity contribution in [1.29, 1.82) is 0 Å². The molecule has 7 rings (SSSR count). The number of anilines is 2. The molecule has 0 radical (unpaired) electrons. The largest absolute Gasteiger partial charge is 0.378 e. The number of hydrogen-bond acceptors (Lipinski definition) is 4. The van der Waals surface area contributed by atoms with E-state index in [4.69, 9.17) is 0 Å². The van der Waals surface area contributed by atoms with Gasteiger partial charge >= 0.3 is 0 Å². The van der Waals surface area contributed by atoms with Crippen molar-refractivity contribution in [2.75, 3.05) is 30.4 Å². The number of benzene rings is 2. The van der Waals surface area contributed by atoms with Crippen LogP contribution in [0.25, 0.3) is 0 Å². The molecule has 1 heterocycles. The summed E-state index contributed by atoms with van der Waals surface area (Å²) in [6.45, 7) is 3.06. The Bertz CT molecular complexity index is 1590. The highest BCUT2D eigenvalue weighted by Gasteiger charge is 2.62. The zero-order valence-corrected chi connectivity index (χ0v) is 25.7. The standard InChI is InChI=1S/C38H42N2O3/c1-37-24-33(26-8-13-28(14-9-26)39(2)3)36-31-17-15-30(41)23-27(31)10-16-32(36)34(37)19-21-38(37,43)20-18-25-6-11-29(12-7-25)40-22-4-5-35(40)42/h6-9,11-14,23,32-34,43H,4-5,10,15-17,19,21-22,24H2,1-3H3/t32-,33+,34-,37-,38-/m0/s1. The number of fused-ring (bicyclic) bond motifs is 4. The van der Waals surface area contributed by atoms with Gasteiger partial charge in [0.2, 0.25) is 5.91 Å². The minimum atomic E-state index is -1.09. The first kappa shape index (κ1) is 28.2. The summed E-state index contributed by atoms with van der Waals surface area (Å²) < 4.78 is 0. The first-order chi connectivity index (χ1) is 20.7. The van der Waals surface area contributed by atoms with E-state index in [-0.39, 0.29) is 23.0 Å². The third kappa shape index (κ3) is 4.66. The molecule has 1 saturated heterocycles. The molecule has 0 aromatic heterocycles. The Labute approximate surface area is 255 Å². The minimum absolute atomic E-state index is 0.181. The summed E-state index contributed by atoms with van der Waals surface area (Å²) in [5, 5.41) is 12.4. The zero-order chi connectivity index (χ0) is 29.9. The Balaban J connectivity index is 1.25. The van der Waals surface area contributed by atoms with Crippen LogP contribution in [0.3, 0.4) is 0 Å². The van der Waals surface area contributed by atoms with E-state index in [1.54, 1.807) is 0 Å². The molecule has 5 heteroatoms. The molecule has 1 aliphatic heterocycles. The molecule has 5 atom stereocenters. The summed E-state index contributed by atoms with van der Waals surface area (Å²) in [6, 6.07) is 16.9. The summed E-state index contributed by atoms with van der Waals surface area (Å²) in [5.74, 6) is 8.14. The molecule has 43 heavy (non-hydrogen) atoms. The second-order valence-electron chi connectivity index (χ2n) is 13.8. The molecule has 2 saturated carbocycles. The Morgan fingerprint density at radius 3 is 2.42 bits per heavy atom. The molecule has 0 bridgehead atoms. The van der Waals surface area contributed by atoms with Crippen molar-refractivity contribution >= 4 is 23.1 Å². The summed E-state index contributed by atoms with van der Waals surface area (Å²) in [7, 11) is 4.13. The fraction of sp³-hybridized carbons (Fsp3) is 0.474. The zero-order valence-electron chi connectivity index (χ0n) is 25.7. The van der Waals surface area contributed by atoms with E-state index in [0.29, 0.717) is 31.1 Å². The van der Waals surface area contributed by atoms with Crippen LogP contribution >= 0.6 is 0 Å². The number of aliphatic hydroxyl groups is 1. The lowest BCUT2D eigenvalue weighted by molar-refractivity contribution is -0.117. The molecule has 1 N–H and O–H groups in total. The highest BCUT2D eigenvalue weighted by Crippen LogP contribution is 2.66. The molecule has 5 aliphatic rings. The lowest BCUT2D eigenvalue weighted by Crippen LogP contribution is -2.51. The van der Waals surface area contributed by atoms with Gasteiger partial charge in [0, 0.05) is 61.8 Å². The number of allylic oxidation sites excluding steroid dienone is 4. The lowest BCUT2D eigenvalue weighted by atomic mass is 9.51. The predicted octanol–water partition coefficient (Wildman–Crippen LogP) is 6.56. The molecule has 3 fully saturated rings. The molecular formula is C38H42N2O3. The highest BCUT2D eigenvalue weighted by atomic mass is 16.3. The first-order valence-electron chi connectivity index (χ1n) is 16.1. The molecule has 4 aliphatic carbocycles. The van der Waals surface area contributed by atoms with Crippen molar-refractivity contribution in [2.24, 2.45) is 17.3 Å². The maximum absolute atomic E-state index is 12.4. The van der Waals surface area contributed by atoms with Gasteiger partial charge in [0.15, 0.2) is 5.78 Å². The van der Waals surface area contributed by atoms with Crippen LogP contribution in [0.1, 0.15) is 81.8 Å². The predicted molar refractivity (Wildman–Crippen MR) is 171 cm³/mol. The van der Waals surface area contributed by atoms with Crippen LogP contribution in [0.15, 0.2) is 71.3 Å². The maximum Gasteiger partial charge on any atom is 0.227 e. The van der Waals surface area contributed by atoms with Crippen LogP contribution in [0.4, 0.5) is 11.4 Å². The Hall–Kier alpha value is -3.62. The van der Waals surface area contributed by atoms with E-state index in [1.165, 1.54) is 28.0 Å². The van der Waals surface area contributed by atoms with Crippen LogP contribution in [-0.2, 0) is 9.59 Å². The third-order valence-corrected chi connectivity index (χ3v) is 11.4. The summed E-state index contributed by atoms with van der Waals surface area (Å²) in [5.41, 5.74) is 7.04. The summed E-state index contributed by atoms with van der Waals surface area (Å²) in [4.78, 5) is 28.5. The second kappa shape index (κ2) is 10.5. The van der Waals surface area contributed by atoms with Crippen molar-refractivity contribution in [3.8, 4) is 11.8 Å². The smallest absolute Gasteiger partial charge is 0.227 e. The topological polar surface area (TPSA) is 60.9 Å². The van der Waals surface area contributed by atoms with Gasteiger partial charge in [-0.15, -0.1) is 0 Å². The number of nitrogens with zero attached hydrogens (tertiary/aromatic N) is 2. The number of ketones is 1. The number of amides is 1. The van der Waals surface area contributed by atoms with E-state index in [0.717, 1.165) is 56.3 Å². The van der Waals surface area contributed by atoms with Gasteiger partial charge in [-0.1, -0.05) is 36.5 Å². The number of rotatable bonds is 3. The molecule has 1 amide bonds. The number of carbonyl (C=O) groups is 2. The minimum Gasteiger partial charge on any atom is -0.378 e. The van der Waals surface area contributed by atoms with Crippen molar-refractivity contribution in [1.82, 2.24) is 0 Å². The van der Waals surface area contributed by atoms with Gasteiger partial charge in [-0.2, -0.15) is 0 Å². The number of hydrogen-bond donors (Lipinski definition) is 1. The SMILES string of the molecule is CN(C)c1ccc([C@H]2C[C@@]3(C)[C@@H](CC[C@@]3(O)C#Cc3ccc(N4CCCC4=O)cc3)[C@@H]3CCC4=CC(=O)CCC4=C32)cc1. The van der Waals surface area contributed by atoms with E-state index in [1.807, 2.05) is 35.2 Å². The van der Waals surface area contributed by atoms with Crippen LogP contribution in [0.5, 0.6) is 0 Å². The van der Waals surface area contributed by atoms with Gasteiger partial charge in [-0.05, 0) is 116 Å². The van der Waals surface area contributed by atoms with Gasteiger partial charge in [-0.25, -0.2) is 0 Å². The van der Waals surface area contributed by atoms with E-state index in [9.17, 15) is 14.7 Å². The van der Waals surface area contributed by atoms with Gasteiger partial charge in [0.05, 0.1) is 0 Å². The van der Waals surface area contributed by atoms with Crippen LogP contribution in [0.2, 0.25) is 0 Å². The van der Waals surface area contributed by atoms with Crippen LogP contribution in [-0.4, -0.2) is 43.0 Å². The van der Waals surface area contributed by atoms with E-state index >= 15 is 0 Å². The van der Waals surface area contributed by atoms with Crippen LogP contribution in [0, 0.1) is 29.1 Å². The Morgan fingerprint density at radius 1 is 0.953 bits per heavy atom. The second-order valence-corrected chi connectivity index (χ2v) is 13.8. The van der Waals surface area contributed by atoms with Crippen LogP contribution < -0.4 is 9.80 Å². The molecule has 0 unspecified atom stereocenters. The van der Waals surface area contributed by atoms with Gasteiger partial charge < -0.3 is 14.9 Å². The van der Waals surface area contributed by atoms with Gasteiger partial charge in [-0.3, -0.25) is 9.59 Å². The first-order valence-corrected chi connectivity index (χ1v) is 16.1. The molecule has 5 nitrogen and oxygen atoms in total. The quantitative estimate of drug-likeness (QED) is 0.422. The molecule has 2 aromatic carbocycles. The van der Waals surface area contributed by atoms with E-state index < -0.39 is 5.60 Å². The average molecular weight is 575 g/mol. The lowest BCUT2D eigenvalue weighted by Gasteiger charge is -2.53. The highest BCUT2D eigenvalue weighted by molar-refractivity contribution is 5.95. The third-order valence-electron chi connectivity index (χ3n) is 11.4. The molecule has 0 spiro atoms. The molecule has 222 valence electrons. The Morgan fingerprint density at radius 2 is 1.72 bits per heavy atom. The summed E-state index contributed by atoms with van der Waals surface area (Å²) in [6.07, 6.45) is 9.35. The van der Waals surface area contributed by atoms with Crippen molar-refractivity contribution < 1.29 is 14.7 Å². The summed E-state index contributed by atoms with van der Waals surface area (Å²) >= 11 is 0. The fourth-order valence-electron chi connectivity index (χ4n) is 9.00. The van der Waals surface area contributed by atoms with Crippen molar-refractivity contribution in [2.45, 2.75) is 76.2 Å². The average Bonchev–Trinajstić information content (AvgIpc) is 3.55. The van der Waals surface area contributed by atoms with Gasteiger partial charge in [0.25, 0.3) is 0 Å². The van der Waals surface area contributed by atoms with Crippen molar-refractivity contribution in [3.05, 3.63) is 82.5 Å². The molecular weight excluding hydrogens is 532 g/mol. The molecule has 2 aromatic rings.